The van der Waals surface area contributed by atoms with Crippen LogP contribution in [0.3, 0.4) is 0 Å². The Morgan fingerprint density at radius 3 is 2.16 bits per heavy atom. The fraction of sp³-hybridized carbons (Fsp3) is 0.316. The summed E-state index contributed by atoms with van der Waals surface area (Å²) in [6.45, 7) is 1.34. The third kappa shape index (κ3) is 5.32. The molecule has 0 aliphatic carbocycles. The minimum atomic E-state index is -5.45. The topological polar surface area (TPSA) is 92.5 Å². The normalized spacial score (nSPS) is 15.1. The number of rotatable bonds is 6. The lowest BCUT2D eigenvalue weighted by atomic mass is 9.85. The molecule has 2 rings (SSSR count). The molecule has 2 aromatic carbocycles. The number of amides is 1. The van der Waals surface area contributed by atoms with Gasteiger partial charge in [-0.3, -0.25) is 14.9 Å². The Kier molecular flexibility index (Phi) is 6.64. The number of alkyl halides is 6. The number of nitro benzene ring substituents is 1. The SMILES string of the molecule is C[C@H](C[C@@](O)(C(=O)Nc1ccc([N+](=O)[O-])c(C(F)(F)F)c1)C(F)(F)F)c1ccccc1. The number of aliphatic hydroxyl groups is 1. The van der Waals surface area contributed by atoms with Crippen molar-refractivity contribution in [2.24, 2.45) is 0 Å². The minimum absolute atomic E-state index is 0.132. The van der Waals surface area contributed by atoms with Gasteiger partial charge in [-0.2, -0.15) is 26.3 Å². The number of hydrogen-bond donors (Lipinski definition) is 2. The van der Waals surface area contributed by atoms with Crippen LogP contribution in [0.25, 0.3) is 0 Å². The molecule has 2 atom stereocenters. The molecular weight excluding hydrogens is 434 g/mol. The van der Waals surface area contributed by atoms with Crippen LogP contribution >= 0.6 is 0 Å². The summed E-state index contributed by atoms with van der Waals surface area (Å²) in [4.78, 5) is 21.8. The summed E-state index contributed by atoms with van der Waals surface area (Å²) in [7, 11) is 0. The smallest absolute Gasteiger partial charge is 0.373 e. The number of nitrogens with zero attached hydrogens (tertiary/aromatic N) is 1. The molecule has 0 aliphatic rings. The summed E-state index contributed by atoms with van der Waals surface area (Å²) >= 11 is 0. The lowest BCUT2D eigenvalue weighted by molar-refractivity contribution is -0.388. The molecule has 0 fully saturated rings. The maximum absolute atomic E-state index is 13.6. The number of halogens is 6. The van der Waals surface area contributed by atoms with Crippen molar-refractivity contribution in [1.82, 2.24) is 0 Å². The highest BCUT2D eigenvalue weighted by atomic mass is 19.4. The largest absolute Gasteiger partial charge is 0.426 e. The lowest BCUT2D eigenvalue weighted by Crippen LogP contribution is -2.55. The summed E-state index contributed by atoms with van der Waals surface area (Å²) in [6, 6.07) is 8.87. The van der Waals surface area contributed by atoms with Gasteiger partial charge in [0.15, 0.2) is 0 Å². The van der Waals surface area contributed by atoms with Gasteiger partial charge in [0.1, 0.15) is 5.56 Å². The van der Waals surface area contributed by atoms with E-state index in [4.69, 9.17) is 0 Å². The number of nitro groups is 1. The van der Waals surface area contributed by atoms with Crippen LogP contribution < -0.4 is 5.32 Å². The number of nitrogens with one attached hydrogen (secondary N) is 1. The number of benzene rings is 2. The van der Waals surface area contributed by atoms with E-state index in [1.54, 1.807) is 23.5 Å². The second-order valence-corrected chi connectivity index (χ2v) is 6.81. The molecule has 2 N–H and O–H groups in total. The van der Waals surface area contributed by atoms with Gasteiger partial charge in [0.25, 0.3) is 11.6 Å². The predicted octanol–water partition coefficient (Wildman–Crippen LogP) is 5.04. The van der Waals surface area contributed by atoms with E-state index in [2.05, 4.69) is 0 Å². The molecule has 0 aliphatic heterocycles. The van der Waals surface area contributed by atoms with Gasteiger partial charge in [-0.25, -0.2) is 0 Å². The molecule has 0 saturated carbocycles. The molecule has 0 bridgehead atoms. The van der Waals surface area contributed by atoms with Crippen LogP contribution in [-0.4, -0.2) is 27.7 Å². The van der Waals surface area contributed by atoms with Crippen molar-refractivity contribution >= 4 is 17.3 Å². The third-order valence-corrected chi connectivity index (χ3v) is 4.57. The number of carbonyl (C=O) groups is 1. The second-order valence-electron chi connectivity index (χ2n) is 6.81. The highest BCUT2D eigenvalue weighted by molar-refractivity contribution is 5.98. The zero-order chi connectivity index (χ0) is 23.6. The third-order valence-electron chi connectivity index (χ3n) is 4.57. The Bertz CT molecular complexity index is 962. The average Bonchev–Trinajstić information content (AvgIpc) is 2.66. The van der Waals surface area contributed by atoms with Crippen LogP contribution in [0.1, 0.15) is 30.4 Å². The van der Waals surface area contributed by atoms with Gasteiger partial charge in [0.2, 0.25) is 5.60 Å². The minimum Gasteiger partial charge on any atom is -0.373 e. The maximum Gasteiger partial charge on any atom is 0.426 e. The molecule has 168 valence electrons. The molecule has 0 saturated heterocycles. The molecule has 0 radical (unpaired) electrons. The molecular formula is C19H16F6N2O4. The van der Waals surface area contributed by atoms with Gasteiger partial charge in [-0.1, -0.05) is 37.3 Å². The summed E-state index contributed by atoms with van der Waals surface area (Å²) < 4.78 is 80.0. The van der Waals surface area contributed by atoms with Gasteiger partial charge < -0.3 is 10.4 Å². The van der Waals surface area contributed by atoms with E-state index in [1.807, 2.05) is 0 Å². The van der Waals surface area contributed by atoms with E-state index in [1.165, 1.54) is 19.1 Å². The fourth-order valence-electron chi connectivity index (χ4n) is 2.91. The first kappa shape index (κ1) is 24.1. The van der Waals surface area contributed by atoms with Crippen LogP contribution in [0, 0.1) is 10.1 Å². The number of anilines is 1. The van der Waals surface area contributed by atoms with Gasteiger partial charge in [-0.05, 0) is 23.6 Å². The fourth-order valence-corrected chi connectivity index (χ4v) is 2.91. The molecule has 2 aromatic rings. The van der Waals surface area contributed by atoms with Crippen LogP contribution in [0.4, 0.5) is 37.7 Å². The molecule has 0 unspecified atom stereocenters. The summed E-state index contributed by atoms with van der Waals surface area (Å²) in [5, 5.41) is 22.6. The van der Waals surface area contributed by atoms with Crippen molar-refractivity contribution in [2.45, 2.75) is 37.2 Å². The molecule has 6 nitrogen and oxygen atoms in total. The summed E-state index contributed by atoms with van der Waals surface area (Å²) in [6.07, 6.45) is -11.8. The zero-order valence-corrected chi connectivity index (χ0v) is 15.8. The van der Waals surface area contributed by atoms with E-state index in [0.29, 0.717) is 17.7 Å². The summed E-state index contributed by atoms with van der Waals surface area (Å²) in [5.41, 5.74) is -7.42. The highest BCUT2D eigenvalue weighted by Gasteiger charge is 2.60. The zero-order valence-electron chi connectivity index (χ0n) is 15.8. The Balaban J connectivity index is 2.38. The van der Waals surface area contributed by atoms with E-state index in [0.717, 1.165) is 0 Å². The predicted molar refractivity (Wildman–Crippen MR) is 97.2 cm³/mol. The molecule has 0 aromatic heterocycles. The van der Waals surface area contributed by atoms with Crippen LogP contribution in [-0.2, 0) is 11.0 Å². The van der Waals surface area contributed by atoms with E-state index < -0.39 is 58.1 Å². The standard InChI is InChI=1S/C19H16F6N2O4/c1-11(12-5-3-2-4-6-12)10-17(29,19(23,24)25)16(28)26-13-7-8-15(27(30)31)14(9-13)18(20,21)22/h2-9,11,29H,10H2,1H3,(H,26,28)/t11-,17-/m1/s1. The molecule has 0 spiro atoms. The first-order valence-electron chi connectivity index (χ1n) is 8.68. The number of carbonyl (C=O) groups excluding carboxylic acids is 1. The monoisotopic (exact) mass is 450 g/mol. The average molecular weight is 450 g/mol. The van der Waals surface area contributed by atoms with Crippen LogP contribution in [0.5, 0.6) is 0 Å². The Morgan fingerprint density at radius 1 is 1.10 bits per heavy atom. The van der Waals surface area contributed by atoms with Gasteiger partial charge >= 0.3 is 12.4 Å². The number of hydrogen-bond acceptors (Lipinski definition) is 4. The lowest BCUT2D eigenvalue weighted by Gasteiger charge is -2.31. The van der Waals surface area contributed by atoms with E-state index in [9.17, 15) is 46.4 Å². The molecule has 31 heavy (non-hydrogen) atoms. The van der Waals surface area contributed by atoms with Crippen molar-refractivity contribution in [2.75, 3.05) is 5.32 Å². The highest BCUT2D eigenvalue weighted by Crippen LogP contribution is 2.40. The van der Waals surface area contributed by atoms with Crippen molar-refractivity contribution in [3.8, 4) is 0 Å². The van der Waals surface area contributed by atoms with E-state index >= 15 is 0 Å². The Labute approximate surface area is 171 Å². The van der Waals surface area contributed by atoms with Gasteiger partial charge in [-0.15, -0.1) is 0 Å². The van der Waals surface area contributed by atoms with Gasteiger partial charge in [0.05, 0.1) is 4.92 Å². The van der Waals surface area contributed by atoms with Crippen molar-refractivity contribution in [1.29, 1.82) is 0 Å². The second kappa shape index (κ2) is 8.53. The van der Waals surface area contributed by atoms with Gasteiger partial charge in [0, 0.05) is 18.2 Å². The first-order valence-corrected chi connectivity index (χ1v) is 8.68. The molecule has 12 heteroatoms. The van der Waals surface area contributed by atoms with Crippen LogP contribution in [0.2, 0.25) is 0 Å². The van der Waals surface area contributed by atoms with Crippen molar-refractivity contribution in [3.05, 3.63) is 69.8 Å². The Morgan fingerprint density at radius 2 is 1.68 bits per heavy atom. The quantitative estimate of drug-likeness (QED) is 0.367. The maximum atomic E-state index is 13.6. The molecule has 0 heterocycles. The van der Waals surface area contributed by atoms with E-state index in [-0.39, 0.29) is 6.07 Å². The van der Waals surface area contributed by atoms with Crippen LogP contribution in [0.15, 0.2) is 48.5 Å². The summed E-state index contributed by atoms with van der Waals surface area (Å²) in [5.74, 6) is -2.95. The van der Waals surface area contributed by atoms with Crippen molar-refractivity contribution < 1.29 is 41.2 Å². The van der Waals surface area contributed by atoms with Crippen molar-refractivity contribution in [3.63, 3.8) is 0 Å². The first-order chi connectivity index (χ1) is 14.2. The Hall–Kier alpha value is -3.15. The molecule has 1 amide bonds.